The van der Waals surface area contributed by atoms with Gasteiger partial charge in [0, 0.05) is 33.5 Å². The summed E-state index contributed by atoms with van der Waals surface area (Å²) in [5, 5.41) is 4.56. The standard InChI is InChI=1S/C57H39N3/c1-3-34-58-54-37(2)22-23-42-32-33-52(59-56(42)54)40-28-24-38(25-29-40)39-26-30-41(31-27-39)55-49-35-48-45-18-10-12-20-50(45)57(43-14-6-4-7-15-43,44-16-8-5-9-17-44)51(48)36-47(49)46-19-11-13-21-53(46)60-55/h3-36H,1H2,2H3/b58-34-. The maximum Gasteiger partial charge on any atom is 0.0968 e. The number of aromatic nitrogens is 2. The normalized spacial score (nSPS) is 12.9. The molecular weight excluding hydrogens is 727 g/mol. The van der Waals surface area contributed by atoms with Gasteiger partial charge in [-0.05, 0) is 86.6 Å². The molecule has 11 rings (SSSR count). The molecule has 0 atom stereocenters. The van der Waals surface area contributed by atoms with Crippen molar-refractivity contribution in [2.45, 2.75) is 12.3 Å². The first kappa shape index (κ1) is 35.4. The van der Waals surface area contributed by atoms with Gasteiger partial charge in [-0.15, -0.1) is 0 Å². The second-order valence-corrected chi connectivity index (χ2v) is 15.6. The van der Waals surface area contributed by atoms with Crippen molar-refractivity contribution in [3.63, 3.8) is 0 Å². The molecule has 0 unspecified atom stereocenters. The highest BCUT2D eigenvalue weighted by atomic mass is 14.8. The fourth-order valence-electron chi connectivity index (χ4n) is 9.49. The Morgan fingerprint density at radius 3 is 1.83 bits per heavy atom. The molecule has 0 saturated heterocycles. The van der Waals surface area contributed by atoms with Crippen molar-refractivity contribution in [2.24, 2.45) is 4.99 Å². The number of aliphatic imine (C=N–C) groups is 1. The third-order valence-electron chi connectivity index (χ3n) is 12.3. The largest absolute Gasteiger partial charge is 0.254 e. The Labute approximate surface area is 349 Å². The Balaban J connectivity index is 1.02. The molecule has 0 fully saturated rings. The van der Waals surface area contributed by atoms with Crippen LogP contribution in [0.2, 0.25) is 0 Å². The lowest BCUT2D eigenvalue weighted by molar-refractivity contribution is 0.769. The second-order valence-electron chi connectivity index (χ2n) is 15.6. The van der Waals surface area contributed by atoms with Gasteiger partial charge >= 0.3 is 0 Å². The molecule has 60 heavy (non-hydrogen) atoms. The highest BCUT2D eigenvalue weighted by molar-refractivity contribution is 6.13. The fraction of sp³-hybridized carbons (Fsp3) is 0.0351. The van der Waals surface area contributed by atoms with Gasteiger partial charge in [-0.3, -0.25) is 4.99 Å². The van der Waals surface area contributed by atoms with Gasteiger partial charge in [-0.25, -0.2) is 9.97 Å². The zero-order chi connectivity index (χ0) is 40.2. The number of para-hydroxylation sites is 1. The summed E-state index contributed by atoms with van der Waals surface area (Å²) in [6, 6.07) is 70.3. The molecular formula is C57H39N3. The van der Waals surface area contributed by atoms with Gasteiger partial charge < -0.3 is 0 Å². The third-order valence-corrected chi connectivity index (χ3v) is 12.3. The summed E-state index contributed by atoms with van der Waals surface area (Å²) >= 11 is 0. The third kappa shape index (κ3) is 5.55. The summed E-state index contributed by atoms with van der Waals surface area (Å²) < 4.78 is 0. The van der Waals surface area contributed by atoms with E-state index in [0.29, 0.717) is 0 Å². The molecule has 0 radical (unpaired) electrons. The monoisotopic (exact) mass is 765 g/mol. The van der Waals surface area contributed by atoms with E-state index in [-0.39, 0.29) is 0 Å². The van der Waals surface area contributed by atoms with Crippen LogP contribution >= 0.6 is 0 Å². The van der Waals surface area contributed by atoms with Crippen LogP contribution in [0.1, 0.15) is 27.8 Å². The zero-order valence-corrected chi connectivity index (χ0v) is 33.2. The summed E-state index contributed by atoms with van der Waals surface area (Å²) in [5.41, 5.74) is 17.3. The molecule has 0 aliphatic heterocycles. The Morgan fingerprint density at radius 2 is 1.12 bits per heavy atom. The average Bonchev–Trinajstić information content (AvgIpc) is 3.61. The van der Waals surface area contributed by atoms with E-state index in [9.17, 15) is 0 Å². The van der Waals surface area contributed by atoms with Crippen LogP contribution in [0.15, 0.2) is 212 Å². The molecule has 2 heterocycles. The number of benzene rings is 8. The van der Waals surface area contributed by atoms with Crippen LogP contribution in [0, 0.1) is 6.92 Å². The Bertz CT molecular complexity index is 3270. The van der Waals surface area contributed by atoms with Crippen molar-refractivity contribution in [3.8, 4) is 44.8 Å². The van der Waals surface area contributed by atoms with E-state index >= 15 is 0 Å². The predicted octanol–water partition coefficient (Wildman–Crippen LogP) is 14.5. The predicted molar refractivity (Wildman–Crippen MR) is 251 cm³/mol. The number of rotatable bonds is 7. The van der Waals surface area contributed by atoms with Crippen LogP contribution in [0.5, 0.6) is 0 Å². The summed E-state index contributed by atoms with van der Waals surface area (Å²) in [7, 11) is 0. The molecule has 0 saturated carbocycles. The minimum absolute atomic E-state index is 0.476. The van der Waals surface area contributed by atoms with Crippen LogP contribution in [0.3, 0.4) is 0 Å². The van der Waals surface area contributed by atoms with E-state index in [2.05, 4.69) is 213 Å². The van der Waals surface area contributed by atoms with Crippen LogP contribution in [-0.4, -0.2) is 16.2 Å². The fourth-order valence-corrected chi connectivity index (χ4v) is 9.49. The maximum atomic E-state index is 5.38. The minimum atomic E-state index is -0.476. The van der Waals surface area contributed by atoms with Gasteiger partial charge in [0.05, 0.1) is 33.5 Å². The van der Waals surface area contributed by atoms with E-state index in [1.54, 1.807) is 12.3 Å². The molecule has 0 spiro atoms. The van der Waals surface area contributed by atoms with Crippen molar-refractivity contribution in [2.75, 3.05) is 0 Å². The van der Waals surface area contributed by atoms with Crippen LogP contribution in [-0.2, 0) is 5.41 Å². The lowest BCUT2D eigenvalue weighted by atomic mass is 9.67. The summed E-state index contributed by atoms with van der Waals surface area (Å²) in [6.07, 6.45) is 3.42. The first-order chi connectivity index (χ1) is 29.6. The van der Waals surface area contributed by atoms with Crippen molar-refractivity contribution in [1.29, 1.82) is 0 Å². The molecule has 8 aromatic carbocycles. The average molecular weight is 766 g/mol. The number of pyridine rings is 2. The number of hydrogen-bond donors (Lipinski definition) is 0. The van der Waals surface area contributed by atoms with Crippen molar-refractivity contribution in [1.82, 2.24) is 9.97 Å². The molecule has 3 nitrogen and oxygen atoms in total. The summed E-state index contributed by atoms with van der Waals surface area (Å²) in [4.78, 5) is 15.1. The number of allylic oxidation sites excluding steroid dienone is 1. The lowest BCUT2D eigenvalue weighted by Gasteiger charge is -2.34. The summed E-state index contributed by atoms with van der Waals surface area (Å²) in [5.74, 6) is 0. The SMILES string of the molecule is C=C/C=N\c1c(C)ccc2ccc(-c3ccc(-c4ccc(-c5nc6ccccc6c6cc7c(cc56)-c5ccccc5C7(c5ccccc5)c5ccccc5)cc4)cc3)nc12. The molecule has 0 amide bonds. The van der Waals surface area contributed by atoms with E-state index in [1.165, 1.54) is 38.8 Å². The highest BCUT2D eigenvalue weighted by Gasteiger charge is 2.46. The van der Waals surface area contributed by atoms with Crippen molar-refractivity contribution >= 4 is 44.5 Å². The number of aryl methyl sites for hydroxylation is 1. The van der Waals surface area contributed by atoms with Crippen LogP contribution in [0.4, 0.5) is 5.69 Å². The second kappa shape index (κ2) is 14.3. The quantitative estimate of drug-likeness (QED) is 0.120. The van der Waals surface area contributed by atoms with E-state index in [1.807, 2.05) is 0 Å². The smallest absolute Gasteiger partial charge is 0.0968 e. The molecule has 1 aliphatic carbocycles. The molecule has 1 aliphatic rings. The molecule has 10 aromatic rings. The van der Waals surface area contributed by atoms with E-state index in [4.69, 9.17) is 9.97 Å². The van der Waals surface area contributed by atoms with Crippen molar-refractivity contribution in [3.05, 3.63) is 235 Å². The Hall–Kier alpha value is -7.75. The van der Waals surface area contributed by atoms with Gasteiger partial charge in [-0.2, -0.15) is 0 Å². The molecule has 282 valence electrons. The molecule has 2 aromatic heterocycles. The van der Waals surface area contributed by atoms with Gasteiger partial charge in [0.1, 0.15) is 0 Å². The highest BCUT2D eigenvalue weighted by Crippen LogP contribution is 2.57. The van der Waals surface area contributed by atoms with Gasteiger partial charge in [0.2, 0.25) is 0 Å². The first-order valence-electron chi connectivity index (χ1n) is 20.5. The number of hydrogen-bond acceptors (Lipinski definition) is 3. The Morgan fingerprint density at radius 1 is 0.500 bits per heavy atom. The topological polar surface area (TPSA) is 38.1 Å². The van der Waals surface area contributed by atoms with E-state index < -0.39 is 5.41 Å². The first-order valence-corrected chi connectivity index (χ1v) is 20.5. The lowest BCUT2D eigenvalue weighted by Crippen LogP contribution is -2.28. The minimum Gasteiger partial charge on any atom is -0.254 e. The molecule has 3 heteroatoms. The molecule has 0 bridgehead atoms. The summed E-state index contributed by atoms with van der Waals surface area (Å²) in [6.45, 7) is 5.86. The number of nitrogens with zero attached hydrogens (tertiary/aromatic N) is 3. The van der Waals surface area contributed by atoms with Gasteiger partial charge in [0.25, 0.3) is 0 Å². The van der Waals surface area contributed by atoms with E-state index in [0.717, 1.165) is 72.1 Å². The van der Waals surface area contributed by atoms with Crippen molar-refractivity contribution < 1.29 is 0 Å². The van der Waals surface area contributed by atoms with Crippen LogP contribution < -0.4 is 0 Å². The van der Waals surface area contributed by atoms with Gasteiger partial charge in [-0.1, -0.05) is 183 Å². The number of fused-ring (bicyclic) bond motifs is 7. The Kier molecular flexibility index (Phi) is 8.42. The van der Waals surface area contributed by atoms with Gasteiger partial charge in [0.15, 0.2) is 0 Å². The van der Waals surface area contributed by atoms with Crippen LogP contribution in [0.25, 0.3) is 77.3 Å². The maximum absolute atomic E-state index is 5.38. The zero-order valence-electron chi connectivity index (χ0n) is 33.2. The molecule has 0 N–H and O–H groups in total.